The minimum Gasteiger partial charge on any atom is -0.465 e. The Morgan fingerprint density at radius 1 is 1.08 bits per heavy atom. The highest BCUT2D eigenvalue weighted by Gasteiger charge is 2.07. The van der Waals surface area contributed by atoms with E-state index in [-0.39, 0.29) is 5.97 Å². The molecule has 1 heterocycles. The lowest BCUT2D eigenvalue weighted by Crippen LogP contribution is -2.03. The molecule has 0 aliphatic rings. The summed E-state index contributed by atoms with van der Waals surface area (Å²) in [4.78, 5) is 20.4. The number of nitrogens with zero attached hydrogens (tertiary/aromatic N) is 2. The number of ether oxygens (including phenoxy) is 1. The number of aromatic nitrogens is 2. The summed E-state index contributed by atoms with van der Waals surface area (Å²) in [5, 5.41) is 6.43. The highest BCUT2D eigenvalue weighted by Crippen LogP contribution is 2.21. The van der Waals surface area contributed by atoms with Crippen LogP contribution >= 0.6 is 0 Å². The van der Waals surface area contributed by atoms with E-state index in [4.69, 9.17) is 4.74 Å². The van der Waals surface area contributed by atoms with Crippen LogP contribution in [-0.4, -0.2) is 23.0 Å². The monoisotopic (exact) mass is 348 g/mol. The molecular weight excluding hydrogens is 328 g/mol. The van der Waals surface area contributed by atoms with Crippen molar-refractivity contribution in [3.05, 3.63) is 71.9 Å². The first-order valence-corrected chi connectivity index (χ1v) is 8.33. The normalized spacial score (nSPS) is 10.2. The molecule has 2 aromatic carbocycles. The van der Waals surface area contributed by atoms with E-state index in [0.717, 1.165) is 17.8 Å². The Bertz CT molecular complexity index is 912. The van der Waals surface area contributed by atoms with E-state index in [1.54, 1.807) is 30.5 Å². The third-order valence-electron chi connectivity index (χ3n) is 3.86. The second-order valence-corrected chi connectivity index (χ2v) is 5.60. The summed E-state index contributed by atoms with van der Waals surface area (Å²) in [6.07, 6.45) is 2.60. The summed E-state index contributed by atoms with van der Waals surface area (Å²) in [6, 6.07) is 16.9. The average Bonchev–Trinajstić information content (AvgIpc) is 2.68. The predicted molar refractivity (Wildman–Crippen MR) is 102 cm³/mol. The van der Waals surface area contributed by atoms with Crippen LogP contribution in [0.3, 0.4) is 0 Å². The fourth-order valence-corrected chi connectivity index (χ4v) is 2.55. The molecular formula is C20H20N4O2. The van der Waals surface area contributed by atoms with E-state index in [0.29, 0.717) is 17.3 Å². The third-order valence-corrected chi connectivity index (χ3v) is 3.86. The van der Waals surface area contributed by atoms with Gasteiger partial charge in [-0.2, -0.15) is 4.98 Å². The fraction of sp³-hybridized carbons (Fsp3) is 0.150. The number of para-hydroxylation sites is 1. The molecule has 0 unspecified atom stereocenters. The lowest BCUT2D eigenvalue weighted by Gasteiger charge is -2.11. The zero-order valence-electron chi connectivity index (χ0n) is 14.7. The fourth-order valence-electron chi connectivity index (χ4n) is 2.55. The number of nitrogens with one attached hydrogen (secondary N) is 2. The van der Waals surface area contributed by atoms with Gasteiger partial charge in [0.25, 0.3) is 0 Å². The molecule has 1 aromatic heterocycles. The number of rotatable bonds is 6. The van der Waals surface area contributed by atoms with Crippen LogP contribution in [0.1, 0.15) is 22.8 Å². The van der Waals surface area contributed by atoms with Crippen molar-refractivity contribution < 1.29 is 9.53 Å². The molecule has 2 N–H and O–H groups in total. The lowest BCUT2D eigenvalue weighted by molar-refractivity contribution is 0.0601. The lowest BCUT2D eigenvalue weighted by atomic mass is 10.1. The van der Waals surface area contributed by atoms with Crippen molar-refractivity contribution >= 4 is 29.1 Å². The van der Waals surface area contributed by atoms with Gasteiger partial charge in [-0.3, -0.25) is 0 Å². The van der Waals surface area contributed by atoms with Gasteiger partial charge in [0.1, 0.15) is 5.82 Å². The summed E-state index contributed by atoms with van der Waals surface area (Å²) in [7, 11) is 1.36. The van der Waals surface area contributed by atoms with Crippen molar-refractivity contribution in [2.75, 3.05) is 17.7 Å². The number of benzene rings is 2. The van der Waals surface area contributed by atoms with Crippen LogP contribution in [0.4, 0.5) is 23.1 Å². The number of carbonyl (C=O) groups excluding carboxylic acids is 1. The van der Waals surface area contributed by atoms with Gasteiger partial charge in [-0.05, 0) is 42.3 Å². The van der Waals surface area contributed by atoms with E-state index in [1.165, 1.54) is 12.7 Å². The Morgan fingerprint density at radius 2 is 1.92 bits per heavy atom. The van der Waals surface area contributed by atoms with Crippen LogP contribution in [-0.2, 0) is 11.2 Å². The first kappa shape index (κ1) is 17.4. The Morgan fingerprint density at radius 3 is 2.73 bits per heavy atom. The molecule has 26 heavy (non-hydrogen) atoms. The highest BCUT2D eigenvalue weighted by molar-refractivity contribution is 5.90. The molecule has 0 amide bonds. The topological polar surface area (TPSA) is 76.1 Å². The van der Waals surface area contributed by atoms with Crippen LogP contribution in [0.2, 0.25) is 0 Å². The molecule has 0 aliphatic heterocycles. The van der Waals surface area contributed by atoms with Crippen LogP contribution < -0.4 is 10.6 Å². The highest BCUT2D eigenvalue weighted by atomic mass is 16.5. The molecule has 6 nitrogen and oxygen atoms in total. The van der Waals surface area contributed by atoms with E-state index < -0.39 is 0 Å². The van der Waals surface area contributed by atoms with Gasteiger partial charge in [-0.25, -0.2) is 9.78 Å². The Hall–Kier alpha value is -3.41. The quantitative estimate of drug-likeness (QED) is 0.646. The second kappa shape index (κ2) is 8.11. The van der Waals surface area contributed by atoms with Crippen molar-refractivity contribution in [2.45, 2.75) is 13.3 Å². The molecule has 0 spiro atoms. The van der Waals surface area contributed by atoms with Crippen LogP contribution in [0.25, 0.3) is 0 Å². The van der Waals surface area contributed by atoms with Gasteiger partial charge in [0.05, 0.1) is 12.7 Å². The standard InChI is InChI=1S/C20H20N4O2/c1-3-14-7-4-5-10-17(14)23-20-21-12-11-18(24-20)22-16-9-6-8-15(13-16)19(25)26-2/h4-13H,3H2,1-2H3,(H2,21,22,23,24). The van der Waals surface area contributed by atoms with Crippen molar-refractivity contribution in [3.8, 4) is 0 Å². The molecule has 132 valence electrons. The zero-order chi connectivity index (χ0) is 18.4. The van der Waals surface area contributed by atoms with Crippen LogP contribution in [0.5, 0.6) is 0 Å². The van der Waals surface area contributed by atoms with Crippen molar-refractivity contribution in [3.63, 3.8) is 0 Å². The second-order valence-electron chi connectivity index (χ2n) is 5.60. The SMILES string of the molecule is CCc1ccccc1Nc1nccc(Nc2cccc(C(=O)OC)c2)n1. The molecule has 6 heteroatoms. The van der Waals surface area contributed by atoms with E-state index >= 15 is 0 Å². The molecule has 3 rings (SSSR count). The maximum absolute atomic E-state index is 11.7. The molecule has 0 fully saturated rings. The predicted octanol–water partition coefficient (Wildman–Crippen LogP) is 4.31. The zero-order valence-corrected chi connectivity index (χ0v) is 14.7. The first-order valence-electron chi connectivity index (χ1n) is 8.33. The largest absolute Gasteiger partial charge is 0.465 e. The molecule has 0 radical (unpaired) electrons. The van der Waals surface area contributed by atoms with Gasteiger partial charge >= 0.3 is 5.97 Å². The third kappa shape index (κ3) is 4.16. The molecule has 0 atom stereocenters. The number of methoxy groups -OCH3 is 1. The summed E-state index contributed by atoms with van der Waals surface area (Å²) in [5.74, 6) is 0.744. The molecule has 3 aromatic rings. The molecule has 0 saturated carbocycles. The van der Waals surface area contributed by atoms with Crippen LogP contribution in [0.15, 0.2) is 60.8 Å². The number of esters is 1. The van der Waals surface area contributed by atoms with Gasteiger partial charge in [-0.1, -0.05) is 31.2 Å². The van der Waals surface area contributed by atoms with Gasteiger partial charge in [0.2, 0.25) is 5.95 Å². The Balaban J connectivity index is 1.78. The van der Waals surface area contributed by atoms with Crippen molar-refractivity contribution in [1.82, 2.24) is 9.97 Å². The summed E-state index contributed by atoms with van der Waals surface area (Å²) in [6.45, 7) is 2.10. The first-order chi connectivity index (χ1) is 12.7. The summed E-state index contributed by atoms with van der Waals surface area (Å²) >= 11 is 0. The van der Waals surface area contributed by atoms with Gasteiger partial charge in [0.15, 0.2) is 0 Å². The van der Waals surface area contributed by atoms with Crippen molar-refractivity contribution in [1.29, 1.82) is 0 Å². The summed E-state index contributed by atoms with van der Waals surface area (Å²) < 4.78 is 4.75. The number of hydrogen-bond donors (Lipinski definition) is 2. The smallest absolute Gasteiger partial charge is 0.337 e. The molecule has 0 aliphatic carbocycles. The Kier molecular flexibility index (Phi) is 5.43. The number of anilines is 4. The van der Waals surface area contributed by atoms with Crippen LogP contribution in [0, 0.1) is 0 Å². The average molecular weight is 348 g/mol. The van der Waals surface area contributed by atoms with E-state index in [2.05, 4.69) is 33.6 Å². The van der Waals surface area contributed by atoms with Gasteiger partial charge in [0, 0.05) is 17.6 Å². The van der Waals surface area contributed by atoms with E-state index in [1.807, 2.05) is 24.3 Å². The maximum atomic E-state index is 11.7. The minimum atomic E-state index is -0.380. The van der Waals surface area contributed by atoms with Gasteiger partial charge in [-0.15, -0.1) is 0 Å². The maximum Gasteiger partial charge on any atom is 0.337 e. The minimum absolute atomic E-state index is 0.380. The number of hydrogen-bond acceptors (Lipinski definition) is 6. The Labute approximate surface area is 152 Å². The number of aryl methyl sites for hydroxylation is 1. The van der Waals surface area contributed by atoms with Gasteiger partial charge < -0.3 is 15.4 Å². The van der Waals surface area contributed by atoms with E-state index in [9.17, 15) is 4.79 Å². The van der Waals surface area contributed by atoms with Crippen molar-refractivity contribution in [2.24, 2.45) is 0 Å². The molecule has 0 saturated heterocycles. The number of carbonyl (C=O) groups is 1. The summed E-state index contributed by atoms with van der Waals surface area (Å²) in [5.41, 5.74) is 3.40. The molecule has 0 bridgehead atoms.